The van der Waals surface area contributed by atoms with Crippen molar-refractivity contribution in [3.8, 4) is 0 Å². The lowest BCUT2D eigenvalue weighted by atomic mass is 10.4. The lowest BCUT2D eigenvalue weighted by Gasteiger charge is -2.02. The second-order valence-electron chi connectivity index (χ2n) is 2.42. The molecular formula is C8H12BrNO5. The summed E-state index contributed by atoms with van der Waals surface area (Å²) < 4.78 is 4.66. The Morgan fingerprint density at radius 3 is 2.60 bits per heavy atom. The third-order valence-electron chi connectivity index (χ3n) is 1.24. The van der Waals surface area contributed by atoms with Crippen molar-refractivity contribution in [1.29, 1.82) is 0 Å². The monoisotopic (exact) mass is 281 g/mol. The Morgan fingerprint density at radius 2 is 2.07 bits per heavy atom. The summed E-state index contributed by atoms with van der Waals surface area (Å²) in [5, 5.41) is 19.2. The molecule has 86 valence electrons. The average molecular weight is 282 g/mol. The molecule has 0 saturated heterocycles. The zero-order valence-corrected chi connectivity index (χ0v) is 9.49. The van der Waals surface area contributed by atoms with Gasteiger partial charge >= 0.3 is 5.97 Å². The van der Waals surface area contributed by atoms with Gasteiger partial charge in [-0.25, -0.2) is 4.79 Å². The standard InChI is InChI=1S/C8H12BrNO5/c9-6(8(13)14)5-7(12)10-1-3-15-4-2-11/h5,11H,1-4H2,(H,10,12)(H,13,14)/b6-5+. The van der Waals surface area contributed by atoms with E-state index in [1.807, 2.05) is 0 Å². The summed E-state index contributed by atoms with van der Waals surface area (Å²) in [6.45, 7) is 0.670. The largest absolute Gasteiger partial charge is 0.477 e. The van der Waals surface area contributed by atoms with Crippen LogP contribution in [-0.2, 0) is 14.3 Å². The normalized spacial score (nSPS) is 11.2. The Bertz CT molecular complexity index is 253. The molecule has 0 atom stereocenters. The number of hydrogen-bond acceptors (Lipinski definition) is 4. The highest BCUT2D eigenvalue weighted by molar-refractivity contribution is 9.12. The third-order valence-corrected chi connectivity index (χ3v) is 1.81. The molecule has 0 fully saturated rings. The van der Waals surface area contributed by atoms with Gasteiger partial charge in [0.25, 0.3) is 0 Å². The van der Waals surface area contributed by atoms with Crippen molar-refractivity contribution in [3.63, 3.8) is 0 Å². The lowest BCUT2D eigenvalue weighted by molar-refractivity contribution is -0.132. The minimum atomic E-state index is -1.21. The summed E-state index contributed by atoms with van der Waals surface area (Å²) in [4.78, 5) is 21.3. The molecule has 15 heavy (non-hydrogen) atoms. The molecule has 7 heteroatoms. The van der Waals surface area contributed by atoms with Crippen LogP contribution >= 0.6 is 15.9 Å². The highest BCUT2D eigenvalue weighted by atomic mass is 79.9. The number of carboxylic acids is 1. The molecule has 0 aromatic carbocycles. The van der Waals surface area contributed by atoms with E-state index in [-0.39, 0.29) is 30.8 Å². The van der Waals surface area contributed by atoms with E-state index in [0.29, 0.717) is 0 Å². The number of hydrogen-bond donors (Lipinski definition) is 3. The molecule has 0 unspecified atom stereocenters. The van der Waals surface area contributed by atoms with Crippen LogP contribution in [0.3, 0.4) is 0 Å². The number of carbonyl (C=O) groups excluding carboxylic acids is 1. The summed E-state index contributed by atoms with van der Waals surface area (Å²) in [6, 6.07) is 0. The van der Waals surface area contributed by atoms with Gasteiger partial charge in [-0.3, -0.25) is 4.79 Å². The number of aliphatic carboxylic acids is 1. The molecule has 0 aliphatic carbocycles. The van der Waals surface area contributed by atoms with Crippen molar-refractivity contribution in [2.24, 2.45) is 0 Å². The fourth-order valence-corrected chi connectivity index (χ4v) is 0.849. The molecule has 0 saturated carbocycles. The summed E-state index contributed by atoms with van der Waals surface area (Å²) in [6.07, 6.45) is 0.925. The number of halogens is 1. The summed E-state index contributed by atoms with van der Waals surface area (Å²) in [5.41, 5.74) is 0. The van der Waals surface area contributed by atoms with Crippen molar-refractivity contribution >= 4 is 27.8 Å². The van der Waals surface area contributed by atoms with Gasteiger partial charge in [-0.1, -0.05) is 0 Å². The first-order chi connectivity index (χ1) is 7.07. The van der Waals surface area contributed by atoms with E-state index in [4.69, 9.17) is 14.9 Å². The van der Waals surface area contributed by atoms with Crippen LogP contribution in [-0.4, -0.2) is 48.5 Å². The van der Waals surface area contributed by atoms with Crippen LogP contribution in [0.4, 0.5) is 0 Å². The Morgan fingerprint density at radius 1 is 1.40 bits per heavy atom. The molecule has 0 aliphatic rings. The SMILES string of the molecule is O=C(/C=C(/Br)C(=O)O)NCCOCCO. The van der Waals surface area contributed by atoms with E-state index in [9.17, 15) is 9.59 Å². The minimum Gasteiger partial charge on any atom is -0.477 e. The van der Waals surface area contributed by atoms with Gasteiger partial charge in [0.1, 0.15) is 4.48 Å². The van der Waals surface area contributed by atoms with Gasteiger partial charge in [0.15, 0.2) is 0 Å². The smallest absolute Gasteiger partial charge is 0.342 e. The maximum absolute atomic E-state index is 11.0. The fourth-order valence-electron chi connectivity index (χ4n) is 0.641. The Balaban J connectivity index is 3.66. The maximum Gasteiger partial charge on any atom is 0.342 e. The highest BCUT2D eigenvalue weighted by Crippen LogP contribution is 2.03. The van der Waals surface area contributed by atoms with Crippen LogP contribution in [0, 0.1) is 0 Å². The predicted octanol–water partition coefficient (Wildman–Crippen LogP) is -0.525. The lowest BCUT2D eigenvalue weighted by Crippen LogP contribution is -2.26. The number of nitrogens with one attached hydrogen (secondary N) is 1. The van der Waals surface area contributed by atoms with E-state index in [2.05, 4.69) is 21.2 Å². The molecule has 1 amide bonds. The molecule has 0 bridgehead atoms. The van der Waals surface area contributed by atoms with E-state index >= 15 is 0 Å². The number of aliphatic hydroxyl groups is 1. The van der Waals surface area contributed by atoms with Crippen molar-refractivity contribution < 1.29 is 24.5 Å². The first-order valence-corrected chi connectivity index (χ1v) is 4.94. The average Bonchev–Trinajstić information content (AvgIpc) is 2.17. The van der Waals surface area contributed by atoms with Crippen molar-refractivity contribution in [2.75, 3.05) is 26.4 Å². The Kier molecular flexibility index (Phi) is 7.88. The zero-order chi connectivity index (χ0) is 11.7. The van der Waals surface area contributed by atoms with Crippen LogP contribution in [0.1, 0.15) is 0 Å². The minimum absolute atomic E-state index is 0.0710. The molecule has 0 radical (unpaired) electrons. The summed E-state index contributed by atoms with van der Waals surface area (Å²) in [7, 11) is 0. The predicted molar refractivity (Wildman–Crippen MR) is 55.6 cm³/mol. The second kappa shape index (κ2) is 8.39. The molecule has 0 aliphatic heterocycles. The van der Waals surface area contributed by atoms with Crippen LogP contribution in [0.5, 0.6) is 0 Å². The van der Waals surface area contributed by atoms with E-state index in [1.165, 1.54) is 0 Å². The van der Waals surface area contributed by atoms with E-state index in [1.54, 1.807) is 0 Å². The fraction of sp³-hybridized carbons (Fsp3) is 0.500. The molecule has 0 aromatic rings. The van der Waals surface area contributed by atoms with Crippen molar-refractivity contribution in [3.05, 3.63) is 10.6 Å². The van der Waals surface area contributed by atoms with Crippen LogP contribution in [0.25, 0.3) is 0 Å². The number of rotatable bonds is 7. The maximum atomic E-state index is 11.0. The van der Waals surface area contributed by atoms with Crippen molar-refractivity contribution in [2.45, 2.75) is 0 Å². The molecular weight excluding hydrogens is 270 g/mol. The quantitative estimate of drug-likeness (QED) is 0.431. The molecule has 3 N–H and O–H groups in total. The molecule has 0 spiro atoms. The zero-order valence-electron chi connectivity index (χ0n) is 7.90. The number of aliphatic hydroxyl groups excluding tert-OH is 1. The van der Waals surface area contributed by atoms with Gasteiger partial charge in [0, 0.05) is 12.6 Å². The van der Waals surface area contributed by atoms with Gasteiger partial charge < -0.3 is 20.3 Å². The van der Waals surface area contributed by atoms with Gasteiger partial charge in [-0.05, 0) is 15.9 Å². The number of carboxylic acid groups (broad SMARTS) is 1. The van der Waals surface area contributed by atoms with Crippen LogP contribution < -0.4 is 5.32 Å². The Labute approximate surface area is 95.0 Å². The molecule has 0 heterocycles. The topological polar surface area (TPSA) is 95.9 Å². The first-order valence-electron chi connectivity index (χ1n) is 4.15. The molecule has 0 rings (SSSR count). The third kappa shape index (κ3) is 8.10. The summed E-state index contributed by atoms with van der Waals surface area (Å²) in [5.74, 6) is -1.72. The van der Waals surface area contributed by atoms with Crippen LogP contribution in [0.15, 0.2) is 10.6 Å². The second-order valence-corrected chi connectivity index (χ2v) is 3.28. The summed E-state index contributed by atoms with van der Waals surface area (Å²) >= 11 is 2.71. The number of amides is 1. The van der Waals surface area contributed by atoms with Crippen molar-refractivity contribution in [1.82, 2.24) is 5.32 Å². The number of carbonyl (C=O) groups is 2. The molecule has 0 aromatic heterocycles. The van der Waals surface area contributed by atoms with E-state index in [0.717, 1.165) is 6.08 Å². The van der Waals surface area contributed by atoms with Gasteiger partial charge in [0.05, 0.1) is 19.8 Å². The highest BCUT2D eigenvalue weighted by Gasteiger charge is 2.04. The van der Waals surface area contributed by atoms with E-state index < -0.39 is 11.9 Å². The van der Waals surface area contributed by atoms with Gasteiger partial charge in [-0.2, -0.15) is 0 Å². The van der Waals surface area contributed by atoms with Gasteiger partial charge in [0.2, 0.25) is 5.91 Å². The Hall–Kier alpha value is -0.920. The van der Waals surface area contributed by atoms with Gasteiger partial charge in [-0.15, -0.1) is 0 Å². The number of ether oxygens (including phenoxy) is 1. The molecule has 6 nitrogen and oxygen atoms in total. The first kappa shape index (κ1) is 14.1. The van der Waals surface area contributed by atoms with Crippen LogP contribution in [0.2, 0.25) is 0 Å².